The summed E-state index contributed by atoms with van der Waals surface area (Å²) >= 11 is 1.43. The summed E-state index contributed by atoms with van der Waals surface area (Å²) < 4.78 is 2.05. The van der Waals surface area contributed by atoms with E-state index in [4.69, 9.17) is 5.26 Å². The molecule has 0 bridgehead atoms. The molecule has 144 valence electrons. The van der Waals surface area contributed by atoms with Gasteiger partial charge in [-0.3, -0.25) is 4.79 Å². The molecule has 0 aliphatic rings. The predicted molar refractivity (Wildman–Crippen MR) is 113 cm³/mol. The predicted octanol–water partition coefficient (Wildman–Crippen LogP) is 3.93. The summed E-state index contributed by atoms with van der Waals surface area (Å²) in [5.74, 6) is 0.435. The van der Waals surface area contributed by atoms with E-state index in [2.05, 4.69) is 26.7 Å². The summed E-state index contributed by atoms with van der Waals surface area (Å²) in [7, 11) is 0. The molecular weight excluding hydrogens is 384 g/mol. The Bertz CT molecular complexity index is 1180. The molecule has 4 rings (SSSR count). The lowest BCUT2D eigenvalue weighted by molar-refractivity contribution is 0.0957. The lowest BCUT2D eigenvalue weighted by Gasteiger charge is -2.08. The minimum atomic E-state index is -0.0363. The van der Waals surface area contributed by atoms with Crippen LogP contribution < -0.4 is 10.6 Å². The summed E-state index contributed by atoms with van der Waals surface area (Å²) in [5, 5.41) is 18.0. The average Bonchev–Trinajstić information content (AvgIpc) is 3.41. The van der Waals surface area contributed by atoms with Gasteiger partial charge in [0, 0.05) is 36.6 Å². The number of hydrogen-bond donors (Lipinski definition) is 2. The number of nitriles is 1. The van der Waals surface area contributed by atoms with Crippen molar-refractivity contribution in [3.05, 3.63) is 70.7 Å². The van der Waals surface area contributed by atoms with Crippen LogP contribution in [-0.4, -0.2) is 27.0 Å². The van der Waals surface area contributed by atoms with Crippen LogP contribution in [0.25, 0.3) is 11.0 Å². The zero-order valence-electron chi connectivity index (χ0n) is 15.5. The molecular formula is C21H18N6OS. The third kappa shape index (κ3) is 4.42. The highest BCUT2D eigenvalue weighted by atomic mass is 32.1. The number of nitrogens with zero attached hydrogens (tertiary/aromatic N) is 4. The van der Waals surface area contributed by atoms with Gasteiger partial charge in [-0.25, -0.2) is 4.98 Å². The Morgan fingerprint density at radius 2 is 2.17 bits per heavy atom. The molecule has 2 N–H and O–H groups in total. The summed E-state index contributed by atoms with van der Waals surface area (Å²) in [6, 6.07) is 15.0. The fraction of sp³-hybridized carbons (Fsp3) is 0.143. The molecule has 0 saturated carbocycles. The van der Waals surface area contributed by atoms with Gasteiger partial charge in [0.2, 0.25) is 5.95 Å². The maximum Gasteiger partial charge on any atom is 0.261 e. The highest BCUT2D eigenvalue weighted by Crippen LogP contribution is 2.18. The van der Waals surface area contributed by atoms with Gasteiger partial charge in [0.1, 0.15) is 5.65 Å². The van der Waals surface area contributed by atoms with E-state index in [-0.39, 0.29) is 5.91 Å². The van der Waals surface area contributed by atoms with Gasteiger partial charge in [-0.05, 0) is 42.1 Å². The number of benzene rings is 1. The van der Waals surface area contributed by atoms with E-state index >= 15 is 0 Å². The van der Waals surface area contributed by atoms with Crippen molar-refractivity contribution in [1.82, 2.24) is 19.9 Å². The smallest absolute Gasteiger partial charge is 0.261 e. The summed E-state index contributed by atoms with van der Waals surface area (Å²) in [6.07, 6.45) is 4.53. The number of carbonyl (C=O) groups excluding carboxylic acids is 1. The first kappa shape index (κ1) is 18.7. The second-order valence-electron chi connectivity index (χ2n) is 6.39. The molecule has 29 heavy (non-hydrogen) atoms. The topological polar surface area (TPSA) is 95.6 Å². The average molecular weight is 402 g/mol. The molecule has 0 spiro atoms. The number of anilines is 2. The number of fused-ring (bicyclic) bond motifs is 1. The van der Waals surface area contributed by atoms with Crippen molar-refractivity contribution in [2.24, 2.45) is 0 Å². The van der Waals surface area contributed by atoms with Crippen LogP contribution in [0.2, 0.25) is 0 Å². The van der Waals surface area contributed by atoms with Crippen molar-refractivity contribution in [3.63, 3.8) is 0 Å². The molecule has 0 aliphatic carbocycles. The van der Waals surface area contributed by atoms with Crippen LogP contribution in [0.3, 0.4) is 0 Å². The van der Waals surface area contributed by atoms with Crippen molar-refractivity contribution in [3.8, 4) is 6.07 Å². The second kappa shape index (κ2) is 8.54. The Labute approximate surface area is 171 Å². The minimum absolute atomic E-state index is 0.0363. The van der Waals surface area contributed by atoms with E-state index in [1.165, 1.54) is 11.3 Å². The number of aromatic nitrogens is 3. The first-order valence-electron chi connectivity index (χ1n) is 9.14. The zero-order valence-corrected chi connectivity index (χ0v) is 16.3. The van der Waals surface area contributed by atoms with E-state index in [0.29, 0.717) is 18.1 Å². The quantitative estimate of drug-likeness (QED) is 0.457. The maximum absolute atomic E-state index is 12.0. The minimum Gasteiger partial charge on any atom is -0.351 e. The van der Waals surface area contributed by atoms with E-state index in [1.54, 1.807) is 18.3 Å². The maximum atomic E-state index is 12.0. The van der Waals surface area contributed by atoms with Gasteiger partial charge in [0.15, 0.2) is 0 Å². The number of nitrogens with one attached hydrogen (secondary N) is 2. The molecule has 1 amide bonds. The summed E-state index contributed by atoms with van der Waals surface area (Å²) in [5.41, 5.74) is 2.16. The fourth-order valence-electron chi connectivity index (χ4n) is 2.95. The number of thiophene rings is 1. The first-order chi connectivity index (χ1) is 14.2. The number of amides is 1. The van der Waals surface area contributed by atoms with Crippen molar-refractivity contribution in [1.29, 1.82) is 5.26 Å². The molecule has 0 unspecified atom stereocenters. The van der Waals surface area contributed by atoms with Gasteiger partial charge in [-0.1, -0.05) is 12.1 Å². The number of aryl methyl sites for hydroxylation is 1. The Morgan fingerprint density at radius 3 is 3.00 bits per heavy atom. The molecule has 1 aromatic carbocycles. The number of rotatable bonds is 7. The van der Waals surface area contributed by atoms with E-state index in [9.17, 15) is 4.79 Å². The van der Waals surface area contributed by atoms with Crippen LogP contribution in [0.4, 0.5) is 11.6 Å². The van der Waals surface area contributed by atoms with Crippen LogP contribution in [-0.2, 0) is 6.54 Å². The molecule has 3 heterocycles. The Morgan fingerprint density at radius 1 is 1.24 bits per heavy atom. The second-order valence-corrected chi connectivity index (χ2v) is 7.33. The molecule has 4 aromatic rings. The molecule has 8 heteroatoms. The normalized spacial score (nSPS) is 10.6. The molecule has 0 saturated heterocycles. The summed E-state index contributed by atoms with van der Waals surface area (Å²) in [6.45, 7) is 1.32. The molecule has 0 fully saturated rings. The van der Waals surface area contributed by atoms with Gasteiger partial charge in [0.05, 0.1) is 16.5 Å². The first-order valence-corrected chi connectivity index (χ1v) is 10.0. The van der Waals surface area contributed by atoms with Crippen LogP contribution in [0.1, 0.15) is 21.7 Å². The molecule has 7 nitrogen and oxygen atoms in total. The largest absolute Gasteiger partial charge is 0.351 e. The van der Waals surface area contributed by atoms with Crippen molar-refractivity contribution < 1.29 is 4.79 Å². The van der Waals surface area contributed by atoms with E-state index in [0.717, 1.165) is 34.6 Å². The Kier molecular flexibility index (Phi) is 5.49. The van der Waals surface area contributed by atoms with Gasteiger partial charge in [-0.2, -0.15) is 10.2 Å². The van der Waals surface area contributed by atoms with Crippen molar-refractivity contribution >= 4 is 39.9 Å². The number of hydrogen-bond acceptors (Lipinski definition) is 6. The van der Waals surface area contributed by atoms with Gasteiger partial charge in [0.25, 0.3) is 5.91 Å². The third-order valence-electron chi connectivity index (χ3n) is 4.36. The highest BCUT2D eigenvalue weighted by Gasteiger charge is 2.08. The lowest BCUT2D eigenvalue weighted by Crippen LogP contribution is -2.24. The van der Waals surface area contributed by atoms with Crippen molar-refractivity contribution in [2.45, 2.75) is 13.0 Å². The van der Waals surface area contributed by atoms with Crippen LogP contribution in [0, 0.1) is 11.3 Å². The SMILES string of the molecule is N#Cc1cccc(Nc2ncc3ccn(CCCNC(=O)c4cccs4)c3n2)c1. The molecule has 0 aliphatic heterocycles. The summed E-state index contributed by atoms with van der Waals surface area (Å²) in [4.78, 5) is 21.7. The zero-order chi connectivity index (χ0) is 20.1. The van der Waals surface area contributed by atoms with Crippen LogP contribution >= 0.6 is 11.3 Å². The van der Waals surface area contributed by atoms with Gasteiger partial charge < -0.3 is 15.2 Å². The number of carbonyl (C=O) groups is 1. The molecule has 0 atom stereocenters. The van der Waals surface area contributed by atoms with Gasteiger partial charge >= 0.3 is 0 Å². The highest BCUT2D eigenvalue weighted by molar-refractivity contribution is 7.12. The third-order valence-corrected chi connectivity index (χ3v) is 5.22. The monoisotopic (exact) mass is 402 g/mol. The Balaban J connectivity index is 1.40. The Hall–Kier alpha value is -3.70. The van der Waals surface area contributed by atoms with Crippen molar-refractivity contribution in [2.75, 3.05) is 11.9 Å². The van der Waals surface area contributed by atoms with Crippen LogP contribution in [0.5, 0.6) is 0 Å². The van der Waals surface area contributed by atoms with Crippen LogP contribution in [0.15, 0.2) is 60.2 Å². The fourth-order valence-corrected chi connectivity index (χ4v) is 3.59. The van der Waals surface area contributed by atoms with E-state index in [1.807, 2.05) is 46.5 Å². The molecule has 3 aromatic heterocycles. The molecule has 0 radical (unpaired) electrons. The standard InChI is InChI=1S/C21H18N6OS/c22-13-15-4-1-5-17(12-15)25-21-24-14-16-7-10-27(19(16)26-21)9-3-8-23-20(28)18-6-2-11-29-18/h1-2,4-7,10-12,14H,3,8-9H2,(H,23,28)(H,24,25,26). The van der Waals surface area contributed by atoms with E-state index < -0.39 is 0 Å². The van der Waals surface area contributed by atoms with Gasteiger partial charge in [-0.15, -0.1) is 11.3 Å². The lowest BCUT2D eigenvalue weighted by atomic mass is 10.2.